The molecule has 45 heavy (non-hydrogen) atoms. The van der Waals surface area contributed by atoms with Gasteiger partial charge in [-0.1, -0.05) is 30.3 Å². The maximum Gasteiger partial charge on any atom is 0.490 e. The quantitative estimate of drug-likeness (QED) is 0.181. The van der Waals surface area contributed by atoms with Crippen LogP contribution in [0.3, 0.4) is 0 Å². The van der Waals surface area contributed by atoms with Gasteiger partial charge in [0.1, 0.15) is 0 Å². The van der Waals surface area contributed by atoms with Crippen LogP contribution >= 0.6 is 11.3 Å². The van der Waals surface area contributed by atoms with Crippen LogP contribution in [0.15, 0.2) is 48.5 Å². The average molecular weight is 653 g/mol. The van der Waals surface area contributed by atoms with E-state index in [2.05, 4.69) is 10.6 Å². The SMILES string of the molecule is O=C(O)C(F)(F)F.O=C(O)COc1ccc(C(=O)CNC(=O)c2sc3c(c2Cc2ccccc2)CNCC3)cc1OCC(=O)O. The fourth-order valence-corrected chi connectivity index (χ4v) is 5.33. The maximum absolute atomic E-state index is 13.2. The molecule has 16 heteroatoms. The normalized spacial score (nSPS) is 12.2. The van der Waals surface area contributed by atoms with Crippen LogP contribution in [0.4, 0.5) is 13.2 Å². The number of rotatable bonds is 12. The van der Waals surface area contributed by atoms with Crippen LogP contribution in [-0.2, 0) is 33.8 Å². The molecule has 0 unspecified atom stereocenters. The Morgan fingerprint density at radius 1 is 0.911 bits per heavy atom. The van der Waals surface area contributed by atoms with Gasteiger partial charge in [-0.15, -0.1) is 11.3 Å². The summed E-state index contributed by atoms with van der Waals surface area (Å²) < 4.78 is 42.0. The first-order chi connectivity index (χ1) is 21.3. The van der Waals surface area contributed by atoms with Gasteiger partial charge >= 0.3 is 24.1 Å². The molecule has 0 saturated heterocycles. The van der Waals surface area contributed by atoms with Crippen LogP contribution < -0.4 is 20.1 Å². The molecule has 0 radical (unpaired) electrons. The lowest BCUT2D eigenvalue weighted by Crippen LogP contribution is -2.30. The van der Waals surface area contributed by atoms with Crippen molar-refractivity contribution in [2.24, 2.45) is 0 Å². The molecule has 0 fully saturated rings. The van der Waals surface area contributed by atoms with E-state index < -0.39 is 43.1 Å². The highest BCUT2D eigenvalue weighted by molar-refractivity contribution is 7.14. The molecule has 0 saturated carbocycles. The van der Waals surface area contributed by atoms with Gasteiger partial charge in [-0.25, -0.2) is 14.4 Å². The third kappa shape index (κ3) is 10.3. The van der Waals surface area contributed by atoms with E-state index in [-0.39, 0.29) is 29.5 Å². The molecule has 0 aliphatic carbocycles. The van der Waals surface area contributed by atoms with Crippen molar-refractivity contribution in [2.75, 3.05) is 26.3 Å². The van der Waals surface area contributed by atoms with E-state index in [1.165, 1.54) is 34.4 Å². The van der Waals surface area contributed by atoms with Gasteiger partial charge in [0.15, 0.2) is 30.5 Å². The summed E-state index contributed by atoms with van der Waals surface area (Å²) in [6.45, 7) is -0.137. The third-order valence-corrected chi connectivity index (χ3v) is 7.41. The van der Waals surface area contributed by atoms with E-state index in [0.29, 0.717) is 17.8 Å². The van der Waals surface area contributed by atoms with E-state index in [1.54, 1.807) is 0 Å². The van der Waals surface area contributed by atoms with Crippen LogP contribution in [-0.4, -0.2) is 77.4 Å². The number of carbonyl (C=O) groups excluding carboxylic acids is 2. The molecule has 2 aromatic carbocycles. The number of alkyl halides is 3. The molecular formula is C29H27F3N2O10S. The second-order valence-electron chi connectivity index (χ2n) is 9.34. The predicted octanol–water partition coefficient (Wildman–Crippen LogP) is 3.16. The zero-order valence-corrected chi connectivity index (χ0v) is 24.1. The van der Waals surface area contributed by atoms with E-state index in [9.17, 15) is 32.3 Å². The summed E-state index contributed by atoms with van der Waals surface area (Å²) in [7, 11) is 0. The molecular weight excluding hydrogens is 625 g/mol. The standard InChI is InChI=1S/C27H26N2O8S.C2HF3O2/c30-20(17-6-7-21(36-14-24(31)32)22(11-17)37-15-25(33)34)13-29-27(35)26-18(10-16-4-2-1-3-5-16)19-12-28-9-8-23(19)38-26;3-2(4,5)1(6)7/h1-7,11,28H,8-10,12-15H2,(H,29,35)(H,31,32)(H,33,34);(H,6,7). The van der Waals surface area contributed by atoms with Crippen molar-refractivity contribution in [3.63, 3.8) is 0 Å². The summed E-state index contributed by atoms with van der Waals surface area (Å²) in [5.74, 6) is -6.11. The molecule has 1 aliphatic heterocycles. The number of aliphatic carboxylic acids is 3. The summed E-state index contributed by atoms with van der Waals surface area (Å²) in [6, 6.07) is 13.9. The highest BCUT2D eigenvalue weighted by atomic mass is 32.1. The number of Topliss-reactive ketones (excluding diaryl/α,β-unsaturated/α-hetero) is 1. The largest absolute Gasteiger partial charge is 0.490 e. The maximum atomic E-state index is 13.2. The van der Waals surface area contributed by atoms with E-state index in [1.807, 2.05) is 30.3 Å². The Morgan fingerprint density at radius 2 is 1.53 bits per heavy atom. The minimum atomic E-state index is -5.08. The molecule has 4 rings (SSSR count). The number of thiophene rings is 1. The van der Waals surface area contributed by atoms with Crippen LogP contribution in [0.25, 0.3) is 0 Å². The van der Waals surface area contributed by atoms with E-state index in [0.717, 1.165) is 29.7 Å². The van der Waals surface area contributed by atoms with Crippen LogP contribution in [0.1, 0.15) is 41.6 Å². The molecule has 1 aliphatic rings. The number of amides is 1. The van der Waals surface area contributed by atoms with Gasteiger partial charge in [0.05, 0.1) is 11.4 Å². The Kier molecular flexibility index (Phi) is 12.0. The lowest BCUT2D eigenvalue weighted by Gasteiger charge is -2.15. The van der Waals surface area contributed by atoms with Gasteiger partial charge in [-0.3, -0.25) is 9.59 Å². The number of nitrogens with one attached hydrogen (secondary N) is 2. The van der Waals surface area contributed by atoms with Gasteiger partial charge < -0.3 is 35.4 Å². The molecule has 12 nitrogen and oxygen atoms in total. The Morgan fingerprint density at radius 3 is 2.13 bits per heavy atom. The number of benzene rings is 2. The van der Waals surface area contributed by atoms with Crippen LogP contribution in [0.5, 0.6) is 11.5 Å². The van der Waals surface area contributed by atoms with E-state index >= 15 is 0 Å². The topological polar surface area (TPSA) is 189 Å². The van der Waals surface area contributed by atoms with Gasteiger partial charge in [-0.2, -0.15) is 13.2 Å². The summed E-state index contributed by atoms with van der Waals surface area (Å²) in [6.07, 6.45) is -3.64. The van der Waals surface area contributed by atoms with Crippen molar-refractivity contribution in [3.8, 4) is 11.5 Å². The lowest BCUT2D eigenvalue weighted by molar-refractivity contribution is -0.192. The monoisotopic (exact) mass is 652 g/mol. The molecule has 3 aromatic rings. The fourth-order valence-electron chi connectivity index (χ4n) is 4.08. The minimum Gasteiger partial charge on any atom is -0.479 e. The first-order valence-electron chi connectivity index (χ1n) is 13.1. The number of carboxylic acid groups (broad SMARTS) is 3. The second-order valence-corrected chi connectivity index (χ2v) is 10.4. The summed E-state index contributed by atoms with van der Waals surface area (Å²) >= 11 is 1.45. The zero-order chi connectivity index (χ0) is 33.1. The zero-order valence-electron chi connectivity index (χ0n) is 23.3. The Hall–Kier alpha value is -4.96. The molecule has 5 N–H and O–H groups in total. The number of fused-ring (bicyclic) bond motifs is 1. The molecule has 0 spiro atoms. The van der Waals surface area contributed by atoms with Gasteiger partial charge in [0, 0.05) is 23.5 Å². The van der Waals surface area contributed by atoms with Crippen molar-refractivity contribution in [2.45, 2.75) is 25.6 Å². The van der Waals surface area contributed by atoms with Gasteiger partial charge in [0.25, 0.3) is 5.91 Å². The van der Waals surface area contributed by atoms with Gasteiger partial charge in [0.2, 0.25) is 0 Å². The highest BCUT2D eigenvalue weighted by Crippen LogP contribution is 2.33. The molecule has 0 atom stereocenters. The second kappa shape index (κ2) is 15.7. The Bertz CT molecular complexity index is 1560. The molecule has 2 heterocycles. The number of carboxylic acids is 3. The lowest BCUT2D eigenvalue weighted by atomic mass is 9.97. The number of hydrogen-bond donors (Lipinski definition) is 5. The number of hydrogen-bond acceptors (Lipinski definition) is 9. The summed E-state index contributed by atoms with van der Waals surface area (Å²) in [5.41, 5.74) is 3.33. The number of carbonyl (C=O) groups is 5. The van der Waals surface area contributed by atoms with E-state index in [4.69, 9.17) is 29.6 Å². The van der Waals surface area contributed by atoms with Crippen LogP contribution in [0, 0.1) is 0 Å². The minimum absolute atomic E-state index is 0.0161. The first kappa shape index (κ1) is 34.5. The smallest absolute Gasteiger partial charge is 0.479 e. The van der Waals surface area contributed by atoms with Crippen molar-refractivity contribution < 1.29 is 61.9 Å². The molecule has 0 bridgehead atoms. The van der Waals surface area contributed by atoms with Crippen molar-refractivity contribution in [1.82, 2.24) is 10.6 Å². The Balaban J connectivity index is 0.000000707. The third-order valence-electron chi connectivity index (χ3n) is 6.08. The first-order valence-corrected chi connectivity index (χ1v) is 13.9. The van der Waals surface area contributed by atoms with Crippen molar-refractivity contribution in [1.29, 1.82) is 0 Å². The number of ether oxygens (including phenoxy) is 2. The molecule has 1 aromatic heterocycles. The van der Waals surface area contributed by atoms with Gasteiger partial charge in [-0.05, 0) is 47.7 Å². The molecule has 1 amide bonds. The highest BCUT2D eigenvalue weighted by Gasteiger charge is 2.38. The van der Waals surface area contributed by atoms with Crippen molar-refractivity contribution in [3.05, 3.63) is 80.5 Å². The number of halogens is 3. The molecule has 240 valence electrons. The average Bonchev–Trinajstić information content (AvgIpc) is 3.36. The fraction of sp³-hybridized carbons (Fsp3) is 0.276. The Labute approximate surface area is 257 Å². The summed E-state index contributed by atoms with van der Waals surface area (Å²) in [5, 5.41) is 31.0. The van der Waals surface area contributed by atoms with Crippen LogP contribution in [0.2, 0.25) is 0 Å². The summed E-state index contributed by atoms with van der Waals surface area (Å²) in [4.78, 5) is 58.5. The van der Waals surface area contributed by atoms with Crippen molar-refractivity contribution >= 4 is 40.9 Å². The predicted molar refractivity (Wildman–Crippen MR) is 152 cm³/mol. The number of ketones is 1.